The molecule has 0 aromatic carbocycles. The van der Waals surface area contributed by atoms with Crippen molar-refractivity contribution in [3.8, 4) is 0 Å². The van der Waals surface area contributed by atoms with E-state index in [0.29, 0.717) is 5.91 Å². The van der Waals surface area contributed by atoms with Gasteiger partial charge in [-0.2, -0.15) is 5.10 Å². The van der Waals surface area contributed by atoms with E-state index in [1.54, 1.807) is 0 Å². The fourth-order valence-corrected chi connectivity index (χ4v) is 4.59. The van der Waals surface area contributed by atoms with E-state index >= 15 is 0 Å². The molecule has 2 aliphatic heterocycles. The molecule has 25 heavy (non-hydrogen) atoms. The second kappa shape index (κ2) is 6.60. The molecular weight excluding hydrogens is 312 g/mol. The molecule has 136 valence electrons. The lowest BCUT2D eigenvalue weighted by molar-refractivity contribution is -0.145. The van der Waals surface area contributed by atoms with Gasteiger partial charge in [-0.25, -0.2) is 0 Å². The van der Waals surface area contributed by atoms with Crippen LogP contribution in [0.1, 0.15) is 43.4 Å². The third kappa shape index (κ3) is 3.39. The van der Waals surface area contributed by atoms with E-state index in [4.69, 9.17) is 0 Å². The second-order valence-electron chi connectivity index (χ2n) is 8.29. The highest BCUT2D eigenvalue weighted by Gasteiger charge is 2.48. The molecule has 1 aromatic rings. The summed E-state index contributed by atoms with van der Waals surface area (Å²) < 4.78 is 1.95. The molecule has 1 aliphatic carbocycles. The molecule has 3 heterocycles. The van der Waals surface area contributed by atoms with Crippen molar-refractivity contribution < 1.29 is 4.79 Å². The van der Waals surface area contributed by atoms with Crippen LogP contribution in [0.15, 0.2) is 18.9 Å². The van der Waals surface area contributed by atoms with Crippen LogP contribution < -0.4 is 0 Å². The van der Waals surface area contributed by atoms with Gasteiger partial charge in [-0.1, -0.05) is 6.08 Å². The minimum Gasteiger partial charge on any atom is -0.342 e. The van der Waals surface area contributed by atoms with Crippen LogP contribution in [0, 0.1) is 18.3 Å². The van der Waals surface area contributed by atoms with Gasteiger partial charge in [-0.15, -0.1) is 6.58 Å². The minimum atomic E-state index is -0.113. The molecule has 0 bridgehead atoms. The first kappa shape index (κ1) is 16.8. The highest BCUT2D eigenvalue weighted by molar-refractivity contribution is 5.84. The molecule has 1 atom stereocenters. The SMILES string of the molecule is C=CCn1cc(CN2CC[C@@]3(CCCN(CC4CC4)C3=O)C2)c(C)n1. The van der Waals surface area contributed by atoms with Gasteiger partial charge < -0.3 is 4.90 Å². The van der Waals surface area contributed by atoms with Gasteiger partial charge in [0.1, 0.15) is 0 Å². The van der Waals surface area contributed by atoms with Crippen LogP contribution in [0.5, 0.6) is 0 Å². The summed E-state index contributed by atoms with van der Waals surface area (Å²) in [5.74, 6) is 1.22. The Morgan fingerprint density at radius 1 is 1.36 bits per heavy atom. The van der Waals surface area contributed by atoms with E-state index in [1.807, 2.05) is 10.8 Å². The lowest BCUT2D eigenvalue weighted by Gasteiger charge is -2.39. The van der Waals surface area contributed by atoms with E-state index in [9.17, 15) is 4.79 Å². The topological polar surface area (TPSA) is 41.4 Å². The van der Waals surface area contributed by atoms with Crippen LogP contribution in [-0.4, -0.2) is 51.7 Å². The normalized spacial score (nSPS) is 27.4. The van der Waals surface area contributed by atoms with Crippen molar-refractivity contribution in [2.75, 3.05) is 26.2 Å². The zero-order chi connectivity index (χ0) is 17.4. The average Bonchev–Trinajstić information content (AvgIpc) is 3.21. The first-order chi connectivity index (χ1) is 12.1. The highest BCUT2D eigenvalue weighted by Crippen LogP contribution is 2.42. The largest absolute Gasteiger partial charge is 0.342 e. The van der Waals surface area contributed by atoms with Gasteiger partial charge in [0.2, 0.25) is 5.91 Å². The predicted octanol–water partition coefficient (Wildman–Crippen LogP) is 2.60. The average molecular weight is 342 g/mol. The standard InChI is InChI=1S/C20H30N4O/c1-3-9-24-14-18(16(2)21-24)13-22-11-8-20(15-22)7-4-10-23(19(20)25)12-17-5-6-17/h3,14,17H,1,4-13,15H2,2H3/t20-/m0/s1. The summed E-state index contributed by atoms with van der Waals surface area (Å²) >= 11 is 0. The number of aryl methyl sites for hydroxylation is 1. The fourth-order valence-electron chi connectivity index (χ4n) is 4.59. The summed E-state index contributed by atoms with van der Waals surface area (Å²) in [5, 5.41) is 4.56. The van der Waals surface area contributed by atoms with Crippen molar-refractivity contribution in [2.45, 2.75) is 52.1 Å². The van der Waals surface area contributed by atoms with Crippen molar-refractivity contribution >= 4 is 5.91 Å². The number of nitrogens with zero attached hydrogens (tertiary/aromatic N) is 4. The Balaban J connectivity index is 1.41. The molecule has 1 amide bonds. The van der Waals surface area contributed by atoms with Gasteiger partial charge in [0.05, 0.1) is 17.7 Å². The van der Waals surface area contributed by atoms with Crippen LogP contribution in [-0.2, 0) is 17.9 Å². The van der Waals surface area contributed by atoms with Crippen LogP contribution in [0.4, 0.5) is 0 Å². The number of allylic oxidation sites excluding steroid dienone is 1. The zero-order valence-electron chi connectivity index (χ0n) is 15.4. The Bertz CT molecular complexity index is 663. The van der Waals surface area contributed by atoms with Gasteiger partial charge in [0.25, 0.3) is 0 Å². The van der Waals surface area contributed by atoms with Gasteiger partial charge >= 0.3 is 0 Å². The third-order valence-corrected chi connectivity index (χ3v) is 6.19. The number of hydrogen-bond acceptors (Lipinski definition) is 3. The fraction of sp³-hybridized carbons (Fsp3) is 0.700. The molecule has 5 heteroatoms. The molecule has 0 unspecified atom stereocenters. The lowest BCUT2D eigenvalue weighted by Crippen LogP contribution is -2.50. The number of piperidine rings is 1. The number of amides is 1. The van der Waals surface area contributed by atoms with E-state index in [2.05, 4.69) is 34.6 Å². The molecule has 1 saturated carbocycles. The molecule has 2 saturated heterocycles. The smallest absolute Gasteiger partial charge is 0.230 e. The molecule has 1 aromatic heterocycles. The number of rotatable bonds is 6. The van der Waals surface area contributed by atoms with Gasteiger partial charge in [0, 0.05) is 37.9 Å². The Morgan fingerprint density at radius 3 is 2.96 bits per heavy atom. The van der Waals surface area contributed by atoms with E-state index in [-0.39, 0.29) is 5.41 Å². The maximum absolute atomic E-state index is 13.1. The minimum absolute atomic E-state index is 0.113. The lowest BCUT2D eigenvalue weighted by atomic mass is 9.78. The molecule has 3 fully saturated rings. The van der Waals surface area contributed by atoms with Crippen molar-refractivity contribution in [2.24, 2.45) is 11.3 Å². The Morgan fingerprint density at radius 2 is 2.20 bits per heavy atom. The van der Waals surface area contributed by atoms with Gasteiger partial charge in [-0.05, 0) is 51.5 Å². The summed E-state index contributed by atoms with van der Waals surface area (Å²) in [6.45, 7) is 11.4. The summed E-state index contributed by atoms with van der Waals surface area (Å²) in [7, 11) is 0. The number of hydrogen-bond donors (Lipinski definition) is 0. The number of aromatic nitrogens is 2. The molecule has 5 nitrogen and oxygen atoms in total. The summed E-state index contributed by atoms with van der Waals surface area (Å²) in [4.78, 5) is 17.8. The molecule has 4 rings (SSSR count). The predicted molar refractivity (Wildman–Crippen MR) is 98.0 cm³/mol. The molecule has 0 radical (unpaired) electrons. The third-order valence-electron chi connectivity index (χ3n) is 6.19. The van der Waals surface area contributed by atoms with E-state index in [0.717, 1.165) is 63.7 Å². The quantitative estimate of drug-likeness (QED) is 0.746. The van der Waals surface area contributed by atoms with Crippen molar-refractivity contribution in [1.29, 1.82) is 0 Å². The van der Waals surface area contributed by atoms with Crippen molar-refractivity contribution in [3.63, 3.8) is 0 Å². The van der Waals surface area contributed by atoms with Crippen LogP contribution in [0.3, 0.4) is 0 Å². The molecule has 3 aliphatic rings. The Hall–Kier alpha value is -1.62. The first-order valence-electron chi connectivity index (χ1n) is 9.75. The first-order valence-corrected chi connectivity index (χ1v) is 9.75. The number of carbonyl (C=O) groups excluding carboxylic acids is 1. The maximum Gasteiger partial charge on any atom is 0.230 e. The van der Waals surface area contributed by atoms with Crippen LogP contribution in [0.2, 0.25) is 0 Å². The van der Waals surface area contributed by atoms with Gasteiger partial charge in [-0.3, -0.25) is 14.4 Å². The zero-order valence-corrected chi connectivity index (χ0v) is 15.4. The van der Waals surface area contributed by atoms with Crippen molar-refractivity contribution in [3.05, 3.63) is 30.1 Å². The van der Waals surface area contributed by atoms with E-state index < -0.39 is 0 Å². The second-order valence-corrected chi connectivity index (χ2v) is 8.29. The Labute approximate surface area is 150 Å². The van der Waals surface area contributed by atoms with E-state index in [1.165, 1.54) is 24.8 Å². The maximum atomic E-state index is 13.1. The highest BCUT2D eigenvalue weighted by atomic mass is 16.2. The van der Waals surface area contributed by atoms with Crippen molar-refractivity contribution in [1.82, 2.24) is 19.6 Å². The summed E-state index contributed by atoms with van der Waals surface area (Å²) in [6, 6.07) is 0. The number of likely N-dealkylation sites (tertiary alicyclic amines) is 2. The summed E-state index contributed by atoms with van der Waals surface area (Å²) in [6.07, 6.45) is 9.89. The Kier molecular flexibility index (Phi) is 4.44. The monoisotopic (exact) mass is 342 g/mol. The van der Waals surface area contributed by atoms with Crippen LogP contribution >= 0.6 is 0 Å². The number of carbonyl (C=O) groups is 1. The summed E-state index contributed by atoms with van der Waals surface area (Å²) in [5.41, 5.74) is 2.25. The van der Waals surface area contributed by atoms with Gasteiger partial charge in [0.15, 0.2) is 0 Å². The molecule has 0 N–H and O–H groups in total. The van der Waals surface area contributed by atoms with Crippen LogP contribution in [0.25, 0.3) is 0 Å². The molecular formula is C20H30N4O. The molecule has 1 spiro atoms.